The fraction of sp³-hybridized carbons (Fsp3) is 0.125. The molecule has 130 valence electrons. The molecule has 0 unspecified atom stereocenters. The molecule has 0 spiro atoms. The van der Waals surface area contributed by atoms with E-state index in [1.165, 1.54) is 13.3 Å². The van der Waals surface area contributed by atoms with Crippen molar-refractivity contribution >= 4 is 40.9 Å². The van der Waals surface area contributed by atoms with Crippen molar-refractivity contribution in [1.82, 2.24) is 9.97 Å². The lowest BCUT2D eigenvalue weighted by Crippen LogP contribution is -2.15. The van der Waals surface area contributed by atoms with Crippen molar-refractivity contribution < 1.29 is 9.53 Å². The van der Waals surface area contributed by atoms with Crippen LogP contribution in [0.2, 0.25) is 5.28 Å². The Morgan fingerprint density at radius 3 is 2.76 bits per heavy atom. The average molecular weight is 361 g/mol. The van der Waals surface area contributed by atoms with E-state index in [1.54, 1.807) is 37.5 Å². The number of aromatic nitrogens is 2. The number of nitrogens with zero attached hydrogens (tertiary/aromatic N) is 3. The molecular weight excluding hydrogens is 344 g/mol. The number of rotatable bonds is 6. The Kier molecular flexibility index (Phi) is 5.91. The van der Waals surface area contributed by atoms with E-state index in [9.17, 15) is 4.79 Å². The minimum Gasteiger partial charge on any atom is -0.494 e. The van der Waals surface area contributed by atoms with E-state index in [1.807, 2.05) is 0 Å². The average Bonchev–Trinajstić information content (AvgIpc) is 2.59. The highest BCUT2D eigenvalue weighted by Gasteiger charge is 2.16. The van der Waals surface area contributed by atoms with Gasteiger partial charge in [-0.1, -0.05) is 6.07 Å². The van der Waals surface area contributed by atoms with Crippen LogP contribution in [-0.2, 0) is 0 Å². The first-order valence-corrected chi connectivity index (χ1v) is 7.50. The number of ether oxygens (including phenoxy) is 1. The first-order valence-electron chi connectivity index (χ1n) is 7.12. The highest BCUT2D eigenvalue weighted by atomic mass is 35.5. The van der Waals surface area contributed by atoms with Crippen LogP contribution in [0, 0.1) is 0 Å². The SMILES string of the molecule is CN=CC=C(N)c1cccc(Nc2nc(Cl)ncc2C(N)=O)c1OC. The summed E-state index contributed by atoms with van der Waals surface area (Å²) in [6.45, 7) is 0. The van der Waals surface area contributed by atoms with Crippen LogP contribution in [-0.4, -0.2) is 36.2 Å². The summed E-state index contributed by atoms with van der Waals surface area (Å²) in [5.74, 6) is -0.0561. The summed E-state index contributed by atoms with van der Waals surface area (Å²) < 4.78 is 5.46. The van der Waals surface area contributed by atoms with Gasteiger partial charge in [0.2, 0.25) is 5.28 Å². The Morgan fingerprint density at radius 2 is 2.12 bits per heavy atom. The minimum absolute atomic E-state index is 0.0267. The molecule has 0 saturated heterocycles. The number of hydrogen-bond donors (Lipinski definition) is 3. The van der Waals surface area contributed by atoms with E-state index < -0.39 is 5.91 Å². The topological polar surface area (TPSA) is 129 Å². The van der Waals surface area contributed by atoms with E-state index >= 15 is 0 Å². The van der Waals surface area contributed by atoms with Crippen molar-refractivity contribution in [3.63, 3.8) is 0 Å². The summed E-state index contributed by atoms with van der Waals surface area (Å²) in [6, 6.07) is 5.31. The molecule has 0 aliphatic heterocycles. The molecule has 8 nitrogen and oxygen atoms in total. The van der Waals surface area contributed by atoms with Gasteiger partial charge < -0.3 is 21.5 Å². The molecule has 0 bridgehead atoms. The van der Waals surface area contributed by atoms with Crippen molar-refractivity contribution in [3.8, 4) is 5.75 Å². The van der Waals surface area contributed by atoms with Gasteiger partial charge in [-0.25, -0.2) is 4.98 Å². The maximum atomic E-state index is 11.6. The Hall–Kier alpha value is -3.13. The molecule has 0 fully saturated rings. The van der Waals surface area contributed by atoms with Crippen molar-refractivity contribution in [3.05, 3.63) is 46.9 Å². The third-order valence-corrected chi connectivity index (χ3v) is 3.39. The highest BCUT2D eigenvalue weighted by molar-refractivity contribution is 6.28. The number of halogens is 1. The number of carbonyl (C=O) groups excluding carboxylic acids is 1. The molecule has 0 aliphatic rings. The van der Waals surface area contributed by atoms with E-state index in [0.717, 1.165) is 0 Å². The number of nitrogens with two attached hydrogens (primary N) is 2. The van der Waals surface area contributed by atoms with Gasteiger partial charge >= 0.3 is 0 Å². The maximum absolute atomic E-state index is 11.6. The van der Waals surface area contributed by atoms with Gasteiger partial charge in [0.15, 0.2) is 5.75 Å². The fourth-order valence-corrected chi connectivity index (χ4v) is 2.22. The van der Waals surface area contributed by atoms with Crippen LogP contribution in [0.5, 0.6) is 5.75 Å². The summed E-state index contributed by atoms with van der Waals surface area (Å²) >= 11 is 5.81. The van der Waals surface area contributed by atoms with E-state index in [-0.39, 0.29) is 16.7 Å². The molecule has 0 aliphatic carbocycles. The van der Waals surface area contributed by atoms with Crippen LogP contribution in [0.4, 0.5) is 11.5 Å². The zero-order valence-electron chi connectivity index (χ0n) is 13.7. The van der Waals surface area contributed by atoms with Gasteiger partial charge in [0, 0.05) is 30.7 Å². The van der Waals surface area contributed by atoms with E-state index in [0.29, 0.717) is 22.7 Å². The van der Waals surface area contributed by atoms with Crippen molar-refractivity contribution in [1.29, 1.82) is 0 Å². The van der Waals surface area contributed by atoms with Crippen LogP contribution in [0.15, 0.2) is 35.5 Å². The monoisotopic (exact) mass is 360 g/mol. The third kappa shape index (κ3) is 4.24. The number of primary amides is 1. The highest BCUT2D eigenvalue weighted by Crippen LogP contribution is 2.34. The molecule has 0 atom stereocenters. The number of anilines is 2. The summed E-state index contributed by atoms with van der Waals surface area (Å²) in [5.41, 5.74) is 13.1. The minimum atomic E-state index is -0.687. The van der Waals surface area contributed by atoms with Gasteiger partial charge in [0.1, 0.15) is 11.4 Å². The van der Waals surface area contributed by atoms with Crippen molar-refractivity contribution in [2.45, 2.75) is 0 Å². The predicted octanol–water partition coefficient (Wildman–Crippen LogP) is 1.98. The lowest BCUT2D eigenvalue weighted by molar-refractivity contribution is 0.100. The standard InChI is InChI=1S/C16H17ClN6O2/c1-20-7-6-11(18)9-4-3-5-12(13(9)25-2)22-15-10(14(19)24)8-21-16(17)23-15/h3-8H,18H2,1-2H3,(H2,19,24)(H,21,22,23). The summed E-state index contributed by atoms with van der Waals surface area (Å²) in [4.78, 5) is 23.2. The molecule has 0 saturated carbocycles. The van der Waals surface area contributed by atoms with Crippen molar-refractivity contribution in [2.75, 3.05) is 19.5 Å². The number of para-hydroxylation sites is 1. The van der Waals surface area contributed by atoms with Gasteiger partial charge in [-0.15, -0.1) is 0 Å². The molecule has 1 amide bonds. The smallest absolute Gasteiger partial charge is 0.254 e. The first kappa shape index (κ1) is 18.2. The van der Waals surface area contributed by atoms with E-state index in [4.69, 9.17) is 27.8 Å². The molecule has 2 rings (SSSR count). The number of amides is 1. The Morgan fingerprint density at radius 1 is 1.36 bits per heavy atom. The largest absolute Gasteiger partial charge is 0.494 e. The number of carbonyl (C=O) groups is 1. The normalized spacial score (nSPS) is 11.6. The summed E-state index contributed by atoms with van der Waals surface area (Å²) in [6.07, 6.45) is 4.48. The van der Waals surface area contributed by atoms with Gasteiger partial charge in [-0.05, 0) is 29.8 Å². The number of methoxy groups -OCH3 is 1. The summed E-state index contributed by atoms with van der Waals surface area (Å²) in [5, 5.41) is 2.96. The summed E-state index contributed by atoms with van der Waals surface area (Å²) in [7, 11) is 3.15. The van der Waals surface area contributed by atoms with Gasteiger partial charge in [-0.3, -0.25) is 9.79 Å². The van der Waals surface area contributed by atoms with Gasteiger partial charge in [0.25, 0.3) is 5.91 Å². The van der Waals surface area contributed by atoms with Crippen LogP contribution in [0.25, 0.3) is 5.70 Å². The van der Waals surface area contributed by atoms with Gasteiger partial charge in [-0.2, -0.15) is 4.98 Å². The Bertz CT molecular complexity index is 851. The van der Waals surface area contributed by atoms with Crippen molar-refractivity contribution in [2.24, 2.45) is 16.5 Å². The second kappa shape index (κ2) is 8.11. The maximum Gasteiger partial charge on any atom is 0.254 e. The fourth-order valence-electron chi connectivity index (χ4n) is 2.09. The molecule has 1 aromatic heterocycles. The van der Waals surface area contributed by atoms with Crippen LogP contribution in [0.1, 0.15) is 15.9 Å². The lowest BCUT2D eigenvalue weighted by atomic mass is 10.1. The molecule has 25 heavy (non-hydrogen) atoms. The second-order valence-corrected chi connectivity index (χ2v) is 5.14. The number of benzene rings is 1. The van der Waals surface area contributed by atoms with Crippen LogP contribution < -0.4 is 21.5 Å². The molecule has 9 heteroatoms. The quantitative estimate of drug-likeness (QED) is 0.533. The van der Waals surface area contributed by atoms with Gasteiger partial charge in [0.05, 0.1) is 12.8 Å². The van der Waals surface area contributed by atoms with Crippen LogP contribution >= 0.6 is 11.6 Å². The molecule has 1 aromatic carbocycles. The molecule has 0 radical (unpaired) electrons. The molecule has 1 heterocycles. The molecule has 5 N–H and O–H groups in total. The molecular formula is C16H17ClN6O2. The number of hydrogen-bond acceptors (Lipinski definition) is 7. The third-order valence-electron chi connectivity index (χ3n) is 3.21. The zero-order chi connectivity index (χ0) is 18.4. The number of aliphatic imine (C=N–C) groups is 1. The zero-order valence-corrected chi connectivity index (χ0v) is 14.4. The number of allylic oxidation sites excluding steroid dienone is 1. The predicted molar refractivity (Wildman–Crippen MR) is 98.4 cm³/mol. The van der Waals surface area contributed by atoms with E-state index in [2.05, 4.69) is 20.3 Å². The second-order valence-electron chi connectivity index (χ2n) is 4.81. The number of nitrogens with one attached hydrogen (secondary N) is 1. The Labute approximate surface area is 149 Å². The van der Waals surface area contributed by atoms with Crippen LogP contribution in [0.3, 0.4) is 0 Å². The molecule has 2 aromatic rings. The Balaban J connectivity index is 2.51. The first-order chi connectivity index (χ1) is 12.0. The lowest BCUT2D eigenvalue weighted by Gasteiger charge is -2.16.